The maximum Gasteiger partial charge on any atom is 0.326 e. The van der Waals surface area contributed by atoms with Gasteiger partial charge in [-0.15, -0.1) is 0 Å². The number of halogens is 1. The lowest BCUT2D eigenvalue weighted by molar-refractivity contribution is -0.139. The number of hydrogen-bond donors (Lipinski definition) is 2. The van der Waals surface area contributed by atoms with Crippen molar-refractivity contribution in [3.63, 3.8) is 0 Å². The number of para-hydroxylation sites is 1. The van der Waals surface area contributed by atoms with Crippen LogP contribution in [0, 0.1) is 5.92 Å². The van der Waals surface area contributed by atoms with E-state index in [2.05, 4.69) is 5.32 Å². The van der Waals surface area contributed by atoms with E-state index in [9.17, 15) is 14.7 Å². The van der Waals surface area contributed by atoms with Crippen molar-refractivity contribution in [3.05, 3.63) is 35.0 Å². The zero-order valence-electron chi connectivity index (χ0n) is 11.5. The quantitative estimate of drug-likeness (QED) is 0.911. The summed E-state index contributed by atoms with van der Waals surface area (Å²) in [6.07, 6.45) is 1.67. The Bertz CT molecular complexity index is 695. The Kier molecular flexibility index (Phi) is 3.37. The first kappa shape index (κ1) is 13.9. The molecule has 1 heterocycles. The van der Waals surface area contributed by atoms with Gasteiger partial charge in [0, 0.05) is 18.0 Å². The molecule has 1 saturated carbocycles. The molecule has 110 valence electrons. The topological polar surface area (TPSA) is 71.3 Å². The Morgan fingerprint density at radius 1 is 1.38 bits per heavy atom. The first-order valence-electron chi connectivity index (χ1n) is 6.77. The number of carbonyl (C=O) groups excluding carboxylic acids is 1. The van der Waals surface area contributed by atoms with E-state index in [1.807, 2.05) is 24.3 Å². The van der Waals surface area contributed by atoms with E-state index in [0.29, 0.717) is 10.7 Å². The molecule has 0 saturated heterocycles. The first-order valence-corrected chi connectivity index (χ1v) is 7.15. The number of benzene rings is 1. The third-order valence-corrected chi connectivity index (χ3v) is 4.29. The second kappa shape index (κ2) is 5.07. The van der Waals surface area contributed by atoms with Crippen molar-refractivity contribution in [1.29, 1.82) is 0 Å². The molecule has 6 heteroatoms. The van der Waals surface area contributed by atoms with E-state index in [1.165, 1.54) is 0 Å². The van der Waals surface area contributed by atoms with Gasteiger partial charge in [-0.1, -0.05) is 29.8 Å². The summed E-state index contributed by atoms with van der Waals surface area (Å²) in [5, 5.41) is 12.9. The Morgan fingerprint density at radius 2 is 2.05 bits per heavy atom. The first-order chi connectivity index (χ1) is 10.0. The molecule has 1 aliphatic carbocycles. The lowest BCUT2D eigenvalue weighted by atomic mass is 10.2. The molecule has 3 rings (SSSR count). The van der Waals surface area contributed by atoms with Gasteiger partial charge in [-0.2, -0.15) is 0 Å². The highest BCUT2D eigenvalue weighted by Crippen LogP contribution is 2.34. The molecule has 0 bridgehead atoms. The van der Waals surface area contributed by atoms with Gasteiger partial charge in [0.05, 0.1) is 5.02 Å². The lowest BCUT2D eigenvalue weighted by Crippen LogP contribution is -2.43. The molecule has 0 radical (unpaired) electrons. The summed E-state index contributed by atoms with van der Waals surface area (Å²) in [6.45, 7) is 0. The maximum atomic E-state index is 12.4. The minimum absolute atomic E-state index is 0.0277. The number of carboxylic acids is 1. The zero-order valence-corrected chi connectivity index (χ0v) is 12.2. The lowest BCUT2D eigenvalue weighted by Gasteiger charge is -2.14. The molecule has 0 spiro atoms. The van der Waals surface area contributed by atoms with Crippen LogP contribution in [0.15, 0.2) is 24.3 Å². The van der Waals surface area contributed by atoms with Crippen LogP contribution in [0.5, 0.6) is 0 Å². The number of aryl methyl sites for hydroxylation is 1. The standard InChI is InChI=1S/C15H15ClN2O3/c1-18-10-5-3-2-4-9(10)11(16)13(18)14(19)17-12(15(20)21)8-6-7-8/h2-5,8,12H,6-7H2,1H3,(H,17,19)(H,20,21). The van der Waals surface area contributed by atoms with Crippen LogP contribution < -0.4 is 5.32 Å². The summed E-state index contributed by atoms with van der Waals surface area (Å²) in [7, 11) is 1.75. The molecule has 1 unspecified atom stereocenters. The number of aliphatic carboxylic acids is 1. The van der Waals surface area contributed by atoms with Gasteiger partial charge in [0.15, 0.2) is 0 Å². The largest absolute Gasteiger partial charge is 0.480 e. The van der Waals surface area contributed by atoms with Gasteiger partial charge in [-0.05, 0) is 24.8 Å². The summed E-state index contributed by atoms with van der Waals surface area (Å²) >= 11 is 6.29. The molecule has 1 atom stereocenters. The third-order valence-electron chi connectivity index (χ3n) is 3.91. The van der Waals surface area contributed by atoms with Gasteiger partial charge in [0.25, 0.3) is 5.91 Å². The second-order valence-electron chi connectivity index (χ2n) is 5.37. The number of aromatic nitrogens is 1. The van der Waals surface area contributed by atoms with Crippen molar-refractivity contribution < 1.29 is 14.7 Å². The summed E-state index contributed by atoms with van der Waals surface area (Å²) < 4.78 is 1.69. The predicted molar refractivity (Wildman–Crippen MR) is 79.5 cm³/mol. The van der Waals surface area contributed by atoms with Crippen LogP contribution in [0.25, 0.3) is 10.9 Å². The van der Waals surface area contributed by atoms with Crippen molar-refractivity contribution in [2.45, 2.75) is 18.9 Å². The van der Waals surface area contributed by atoms with Crippen LogP contribution in [0.4, 0.5) is 0 Å². The van der Waals surface area contributed by atoms with Crippen molar-refractivity contribution in [2.24, 2.45) is 13.0 Å². The molecule has 1 fully saturated rings. The van der Waals surface area contributed by atoms with E-state index in [1.54, 1.807) is 11.6 Å². The monoisotopic (exact) mass is 306 g/mol. The van der Waals surface area contributed by atoms with Crippen molar-refractivity contribution in [2.75, 3.05) is 0 Å². The number of fused-ring (bicyclic) bond motifs is 1. The van der Waals surface area contributed by atoms with Gasteiger partial charge < -0.3 is 15.0 Å². The van der Waals surface area contributed by atoms with Crippen LogP contribution in [-0.4, -0.2) is 27.6 Å². The maximum absolute atomic E-state index is 12.4. The molecular formula is C15H15ClN2O3. The number of rotatable bonds is 4. The van der Waals surface area contributed by atoms with Gasteiger partial charge in [-0.25, -0.2) is 4.79 Å². The smallest absolute Gasteiger partial charge is 0.326 e. The molecule has 2 aromatic rings. The Morgan fingerprint density at radius 3 is 2.62 bits per heavy atom. The minimum atomic E-state index is -0.999. The number of carbonyl (C=O) groups is 2. The molecule has 21 heavy (non-hydrogen) atoms. The fourth-order valence-electron chi connectivity index (χ4n) is 2.62. The third kappa shape index (κ3) is 2.38. The van der Waals surface area contributed by atoms with E-state index in [-0.39, 0.29) is 5.92 Å². The Hall–Kier alpha value is -2.01. The highest BCUT2D eigenvalue weighted by Gasteiger charge is 2.38. The number of carboxylic acid groups (broad SMARTS) is 1. The number of amides is 1. The van der Waals surface area contributed by atoms with E-state index < -0.39 is 17.9 Å². The molecular weight excluding hydrogens is 292 g/mol. The van der Waals surface area contributed by atoms with E-state index in [4.69, 9.17) is 11.6 Å². The van der Waals surface area contributed by atoms with Crippen molar-refractivity contribution >= 4 is 34.4 Å². The summed E-state index contributed by atoms with van der Waals surface area (Å²) in [5.41, 5.74) is 1.13. The normalized spacial score (nSPS) is 15.9. The number of nitrogens with zero attached hydrogens (tertiary/aromatic N) is 1. The summed E-state index contributed by atoms with van der Waals surface area (Å²) in [6, 6.07) is 6.58. The van der Waals surface area contributed by atoms with Crippen LogP contribution in [0.2, 0.25) is 5.02 Å². The van der Waals surface area contributed by atoms with Crippen molar-refractivity contribution in [3.8, 4) is 0 Å². The van der Waals surface area contributed by atoms with Gasteiger partial charge >= 0.3 is 5.97 Å². The average molecular weight is 307 g/mol. The molecule has 1 aliphatic rings. The van der Waals surface area contributed by atoms with Crippen molar-refractivity contribution in [1.82, 2.24) is 9.88 Å². The highest BCUT2D eigenvalue weighted by molar-refractivity contribution is 6.38. The van der Waals surface area contributed by atoms with Crippen LogP contribution >= 0.6 is 11.6 Å². The molecule has 5 nitrogen and oxygen atoms in total. The molecule has 1 aromatic carbocycles. The number of hydrogen-bond acceptors (Lipinski definition) is 2. The van der Waals surface area contributed by atoms with E-state index >= 15 is 0 Å². The van der Waals surface area contributed by atoms with Gasteiger partial charge in [0.1, 0.15) is 11.7 Å². The average Bonchev–Trinajstić information content (AvgIpc) is 3.25. The zero-order chi connectivity index (χ0) is 15.1. The summed E-state index contributed by atoms with van der Waals surface area (Å²) in [5.74, 6) is -1.42. The Labute approximate surface area is 126 Å². The van der Waals surface area contributed by atoms with Crippen LogP contribution in [0.1, 0.15) is 23.3 Å². The van der Waals surface area contributed by atoms with Crippen LogP contribution in [-0.2, 0) is 11.8 Å². The Balaban J connectivity index is 1.96. The minimum Gasteiger partial charge on any atom is -0.480 e. The summed E-state index contributed by atoms with van der Waals surface area (Å²) in [4.78, 5) is 23.7. The molecule has 1 amide bonds. The fourth-order valence-corrected chi connectivity index (χ4v) is 2.99. The molecule has 1 aromatic heterocycles. The van der Waals surface area contributed by atoms with Crippen LogP contribution in [0.3, 0.4) is 0 Å². The predicted octanol–water partition coefficient (Wildman–Crippen LogP) is 2.42. The SMILES string of the molecule is Cn1c(C(=O)NC(C(=O)O)C2CC2)c(Cl)c2ccccc21. The van der Waals surface area contributed by atoms with Gasteiger partial charge in [-0.3, -0.25) is 4.79 Å². The second-order valence-corrected chi connectivity index (χ2v) is 5.74. The fraction of sp³-hybridized carbons (Fsp3) is 0.333. The van der Waals surface area contributed by atoms with Gasteiger partial charge in [0.2, 0.25) is 0 Å². The highest BCUT2D eigenvalue weighted by atomic mass is 35.5. The molecule has 2 N–H and O–H groups in total. The number of nitrogens with one attached hydrogen (secondary N) is 1. The molecule has 0 aliphatic heterocycles. The van der Waals surface area contributed by atoms with E-state index in [0.717, 1.165) is 23.7 Å².